The average molecular weight is 341 g/mol. The van der Waals surface area contributed by atoms with Crippen molar-refractivity contribution in [3.05, 3.63) is 89.5 Å². The minimum Gasteiger partial charge on any atom is -0.351 e. The van der Waals surface area contributed by atoms with E-state index in [4.69, 9.17) is 0 Å². The van der Waals surface area contributed by atoms with Crippen LogP contribution in [0.1, 0.15) is 21.7 Å². The van der Waals surface area contributed by atoms with E-state index < -0.39 is 23.1 Å². The monoisotopic (exact) mass is 341 g/mol. The molecule has 0 aliphatic rings. The number of hydrogen-bond acceptors (Lipinski definition) is 2. The Morgan fingerprint density at radius 2 is 1.76 bits per heavy atom. The SMILES string of the molecule is O=C(NCCc1nccn1Cc1ccccc1)c1c(F)cccc1F. The van der Waals surface area contributed by atoms with Gasteiger partial charge in [-0.3, -0.25) is 4.79 Å². The van der Waals surface area contributed by atoms with Crippen LogP contribution in [0, 0.1) is 11.6 Å². The molecule has 0 aliphatic carbocycles. The van der Waals surface area contributed by atoms with Gasteiger partial charge in [-0.2, -0.15) is 0 Å². The molecule has 0 atom stereocenters. The van der Waals surface area contributed by atoms with Gasteiger partial charge in [0.15, 0.2) is 0 Å². The van der Waals surface area contributed by atoms with Crippen molar-refractivity contribution in [3.63, 3.8) is 0 Å². The van der Waals surface area contributed by atoms with Crippen LogP contribution in [-0.4, -0.2) is 22.0 Å². The number of benzene rings is 2. The predicted octanol–water partition coefficient (Wildman–Crippen LogP) is 3.18. The third kappa shape index (κ3) is 4.09. The van der Waals surface area contributed by atoms with Crippen molar-refractivity contribution in [2.45, 2.75) is 13.0 Å². The fourth-order valence-electron chi connectivity index (χ4n) is 2.58. The normalized spacial score (nSPS) is 10.6. The van der Waals surface area contributed by atoms with Crippen LogP contribution in [0.3, 0.4) is 0 Å². The molecule has 3 rings (SSSR count). The number of amides is 1. The molecule has 1 amide bonds. The van der Waals surface area contributed by atoms with Gasteiger partial charge in [0.05, 0.1) is 0 Å². The highest BCUT2D eigenvalue weighted by Crippen LogP contribution is 2.12. The second-order valence-corrected chi connectivity index (χ2v) is 5.56. The summed E-state index contributed by atoms with van der Waals surface area (Å²) < 4.78 is 29.2. The quantitative estimate of drug-likeness (QED) is 0.748. The van der Waals surface area contributed by atoms with Crippen LogP contribution >= 0.6 is 0 Å². The van der Waals surface area contributed by atoms with Gasteiger partial charge >= 0.3 is 0 Å². The average Bonchev–Trinajstić information content (AvgIpc) is 3.03. The Labute approximate surface area is 144 Å². The molecule has 0 saturated heterocycles. The van der Waals surface area contributed by atoms with Crippen LogP contribution in [0.15, 0.2) is 60.9 Å². The maximum absolute atomic E-state index is 13.6. The molecular formula is C19H17F2N3O. The highest BCUT2D eigenvalue weighted by Gasteiger charge is 2.16. The third-order valence-corrected chi connectivity index (χ3v) is 3.82. The van der Waals surface area contributed by atoms with E-state index in [0.717, 1.165) is 23.5 Å². The van der Waals surface area contributed by atoms with Crippen LogP contribution in [-0.2, 0) is 13.0 Å². The zero-order chi connectivity index (χ0) is 17.6. The van der Waals surface area contributed by atoms with Gasteiger partial charge in [0.1, 0.15) is 23.0 Å². The molecule has 0 radical (unpaired) electrons. The standard InChI is InChI=1S/C19H17F2N3O/c20-15-7-4-8-16(21)18(15)19(25)23-10-9-17-22-11-12-24(17)13-14-5-2-1-3-6-14/h1-8,11-12H,9-10,13H2,(H,23,25). The summed E-state index contributed by atoms with van der Waals surface area (Å²) in [6.45, 7) is 0.907. The molecule has 1 heterocycles. The number of carbonyl (C=O) groups is 1. The van der Waals surface area contributed by atoms with Crippen LogP contribution in [0.5, 0.6) is 0 Å². The Hall–Kier alpha value is -3.02. The molecule has 4 nitrogen and oxygen atoms in total. The van der Waals surface area contributed by atoms with Crippen molar-refractivity contribution in [2.75, 3.05) is 6.54 Å². The smallest absolute Gasteiger partial charge is 0.257 e. The zero-order valence-electron chi connectivity index (χ0n) is 13.5. The lowest BCUT2D eigenvalue weighted by Crippen LogP contribution is -2.28. The number of nitrogens with zero attached hydrogens (tertiary/aromatic N) is 2. The summed E-state index contributed by atoms with van der Waals surface area (Å²) in [5.41, 5.74) is 0.578. The van der Waals surface area contributed by atoms with Crippen molar-refractivity contribution in [1.82, 2.24) is 14.9 Å². The first kappa shape index (κ1) is 16.8. The summed E-state index contributed by atoms with van der Waals surface area (Å²) in [5, 5.41) is 2.54. The van der Waals surface area contributed by atoms with Crippen molar-refractivity contribution in [1.29, 1.82) is 0 Å². The first-order valence-corrected chi connectivity index (χ1v) is 7.91. The second kappa shape index (κ2) is 7.70. The topological polar surface area (TPSA) is 46.9 Å². The fourth-order valence-corrected chi connectivity index (χ4v) is 2.58. The number of carbonyl (C=O) groups excluding carboxylic acids is 1. The molecular weight excluding hydrogens is 324 g/mol. The van der Waals surface area contributed by atoms with E-state index in [1.54, 1.807) is 6.20 Å². The van der Waals surface area contributed by atoms with E-state index in [-0.39, 0.29) is 6.54 Å². The Morgan fingerprint density at radius 3 is 2.48 bits per heavy atom. The number of aromatic nitrogens is 2. The van der Waals surface area contributed by atoms with Crippen molar-refractivity contribution < 1.29 is 13.6 Å². The number of imidazole rings is 1. The van der Waals surface area contributed by atoms with Crippen molar-refractivity contribution in [3.8, 4) is 0 Å². The molecule has 0 fully saturated rings. The minimum absolute atomic E-state index is 0.235. The summed E-state index contributed by atoms with van der Waals surface area (Å²) >= 11 is 0. The summed E-state index contributed by atoms with van der Waals surface area (Å²) in [4.78, 5) is 16.3. The van der Waals surface area contributed by atoms with Crippen LogP contribution in [0.25, 0.3) is 0 Å². The molecule has 3 aromatic rings. The molecule has 0 spiro atoms. The van der Waals surface area contributed by atoms with Crippen molar-refractivity contribution >= 4 is 5.91 Å². The largest absolute Gasteiger partial charge is 0.351 e. The Morgan fingerprint density at radius 1 is 1.04 bits per heavy atom. The molecule has 0 aliphatic heterocycles. The van der Waals surface area contributed by atoms with E-state index in [1.165, 1.54) is 6.07 Å². The van der Waals surface area contributed by atoms with Crippen LogP contribution in [0.4, 0.5) is 8.78 Å². The van der Waals surface area contributed by atoms with Gasteiger partial charge in [-0.05, 0) is 17.7 Å². The number of rotatable bonds is 6. The van der Waals surface area contributed by atoms with Gasteiger partial charge in [-0.15, -0.1) is 0 Å². The molecule has 128 valence electrons. The molecule has 2 aromatic carbocycles. The number of halogens is 2. The molecule has 0 unspecified atom stereocenters. The van der Waals surface area contributed by atoms with E-state index in [2.05, 4.69) is 10.3 Å². The summed E-state index contributed by atoms with van der Waals surface area (Å²) in [7, 11) is 0. The van der Waals surface area contributed by atoms with Crippen LogP contribution < -0.4 is 5.32 Å². The predicted molar refractivity (Wildman–Crippen MR) is 90.2 cm³/mol. The molecule has 1 N–H and O–H groups in total. The maximum Gasteiger partial charge on any atom is 0.257 e. The lowest BCUT2D eigenvalue weighted by Gasteiger charge is -2.09. The molecule has 1 aromatic heterocycles. The first-order valence-electron chi connectivity index (χ1n) is 7.91. The summed E-state index contributed by atoms with van der Waals surface area (Å²) in [6, 6.07) is 13.3. The highest BCUT2D eigenvalue weighted by atomic mass is 19.1. The summed E-state index contributed by atoms with van der Waals surface area (Å²) in [5.74, 6) is -1.72. The van der Waals surface area contributed by atoms with Gasteiger partial charge < -0.3 is 9.88 Å². The maximum atomic E-state index is 13.6. The van der Waals surface area contributed by atoms with Gasteiger partial charge in [0.25, 0.3) is 5.91 Å². The highest BCUT2D eigenvalue weighted by molar-refractivity contribution is 5.94. The van der Waals surface area contributed by atoms with E-state index >= 15 is 0 Å². The first-order chi connectivity index (χ1) is 12.1. The fraction of sp³-hybridized carbons (Fsp3) is 0.158. The van der Waals surface area contributed by atoms with E-state index in [1.807, 2.05) is 41.1 Å². The second-order valence-electron chi connectivity index (χ2n) is 5.56. The van der Waals surface area contributed by atoms with Crippen molar-refractivity contribution in [2.24, 2.45) is 0 Å². The third-order valence-electron chi connectivity index (χ3n) is 3.82. The van der Waals surface area contributed by atoms with E-state index in [9.17, 15) is 13.6 Å². The molecule has 0 bridgehead atoms. The van der Waals surface area contributed by atoms with Gasteiger partial charge in [-0.25, -0.2) is 13.8 Å². The lowest BCUT2D eigenvalue weighted by atomic mass is 10.2. The molecule has 6 heteroatoms. The molecule has 25 heavy (non-hydrogen) atoms. The van der Waals surface area contributed by atoms with Crippen LogP contribution in [0.2, 0.25) is 0 Å². The Balaban J connectivity index is 1.60. The summed E-state index contributed by atoms with van der Waals surface area (Å²) in [6.07, 6.45) is 4.01. The number of nitrogens with one attached hydrogen (secondary N) is 1. The lowest BCUT2D eigenvalue weighted by molar-refractivity contribution is 0.0945. The van der Waals surface area contributed by atoms with E-state index in [0.29, 0.717) is 13.0 Å². The minimum atomic E-state index is -0.872. The van der Waals surface area contributed by atoms with Gasteiger partial charge in [0.2, 0.25) is 0 Å². The van der Waals surface area contributed by atoms with Gasteiger partial charge in [-0.1, -0.05) is 36.4 Å². The number of hydrogen-bond donors (Lipinski definition) is 1. The Kier molecular flexibility index (Phi) is 5.18. The Bertz CT molecular complexity index is 842. The zero-order valence-corrected chi connectivity index (χ0v) is 13.5. The van der Waals surface area contributed by atoms with Gasteiger partial charge in [0, 0.05) is 31.9 Å². The molecule has 0 saturated carbocycles.